The van der Waals surface area contributed by atoms with Gasteiger partial charge in [0.2, 0.25) is 10.0 Å². The first-order valence-electron chi connectivity index (χ1n) is 10.6. The number of nitrogens with one attached hydrogen (secondary N) is 2. The van der Waals surface area contributed by atoms with E-state index in [0.29, 0.717) is 30.4 Å². The number of hydrogen-bond donors (Lipinski definition) is 4. The van der Waals surface area contributed by atoms with Crippen LogP contribution in [0.4, 0.5) is 13.2 Å². The van der Waals surface area contributed by atoms with Crippen LogP contribution >= 0.6 is 0 Å². The number of carbonyl (C=O) groups is 1. The van der Waals surface area contributed by atoms with Crippen LogP contribution in [0.1, 0.15) is 28.8 Å². The first kappa shape index (κ1) is 26.5. The van der Waals surface area contributed by atoms with Gasteiger partial charge in [-0.3, -0.25) is 5.10 Å². The summed E-state index contributed by atoms with van der Waals surface area (Å²) < 4.78 is 62.9. The normalized spacial score (nSPS) is 15.5. The number of alkyl halides is 3. The highest BCUT2D eigenvalue weighted by molar-refractivity contribution is 7.89. The van der Waals surface area contributed by atoms with E-state index in [0.717, 1.165) is 5.56 Å². The van der Waals surface area contributed by atoms with Crippen molar-refractivity contribution in [3.8, 4) is 0 Å². The highest BCUT2D eigenvalue weighted by atomic mass is 32.2. The summed E-state index contributed by atoms with van der Waals surface area (Å²) in [7, 11) is -3.61. The summed E-state index contributed by atoms with van der Waals surface area (Å²) in [6.45, 7) is -0.311. The van der Waals surface area contributed by atoms with Gasteiger partial charge in [-0.2, -0.15) is 22.6 Å². The first-order chi connectivity index (χ1) is 16.5. The van der Waals surface area contributed by atoms with Gasteiger partial charge in [0.15, 0.2) is 5.65 Å². The molecule has 1 aliphatic rings. The number of aromatic carboxylic acids is 1. The van der Waals surface area contributed by atoms with Gasteiger partial charge in [-0.25, -0.2) is 18.2 Å². The number of H-pyrrole nitrogens is 1. The number of carboxylic acid groups (broad SMARTS) is 1. The fourth-order valence-electron chi connectivity index (χ4n) is 3.46. The summed E-state index contributed by atoms with van der Waals surface area (Å²) in [5.74, 6) is -0.981. The summed E-state index contributed by atoms with van der Waals surface area (Å²) in [5.41, 5.74) is 7.08. The molecule has 0 saturated carbocycles. The molecule has 0 bridgehead atoms. The number of piperidine rings is 1. The predicted octanol–water partition coefficient (Wildman–Crippen LogP) is 2.11. The molecule has 0 unspecified atom stereocenters. The number of sulfonamides is 1. The molecule has 1 aromatic carbocycles. The molecule has 1 saturated heterocycles. The second kappa shape index (κ2) is 11.1. The highest BCUT2D eigenvalue weighted by Crippen LogP contribution is 2.22. The molecule has 5 N–H and O–H groups in total. The molecule has 0 aliphatic carbocycles. The molecule has 10 nitrogen and oxygen atoms in total. The van der Waals surface area contributed by atoms with Crippen molar-refractivity contribution in [3.63, 3.8) is 0 Å². The molecule has 35 heavy (non-hydrogen) atoms. The lowest BCUT2D eigenvalue weighted by atomic mass is 10.1. The van der Waals surface area contributed by atoms with Crippen molar-refractivity contribution in [2.45, 2.75) is 36.5 Å². The molecule has 3 heterocycles. The molecule has 0 spiro atoms. The van der Waals surface area contributed by atoms with Gasteiger partial charge in [-0.05, 0) is 36.6 Å². The van der Waals surface area contributed by atoms with Crippen LogP contribution in [0.15, 0.2) is 47.6 Å². The molecule has 190 valence electrons. The van der Waals surface area contributed by atoms with Gasteiger partial charge in [0.05, 0.1) is 23.2 Å². The van der Waals surface area contributed by atoms with Gasteiger partial charge < -0.3 is 16.2 Å². The van der Waals surface area contributed by atoms with E-state index in [1.54, 1.807) is 12.1 Å². The number of hydrogen-bond acceptors (Lipinski definition) is 7. The smallest absolute Gasteiger partial charge is 0.401 e. The Labute approximate surface area is 199 Å². The number of rotatable bonds is 6. The van der Waals surface area contributed by atoms with Crippen LogP contribution in [0, 0.1) is 0 Å². The van der Waals surface area contributed by atoms with Crippen LogP contribution in [-0.4, -0.2) is 70.8 Å². The van der Waals surface area contributed by atoms with Gasteiger partial charge >= 0.3 is 12.1 Å². The average Bonchev–Trinajstić information content (AvgIpc) is 3.31. The minimum absolute atomic E-state index is 0.170. The van der Waals surface area contributed by atoms with Crippen molar-refractivity contribution in [2.24, 2.45) is 5.73 Å². The minimum atomic E-state index is -4.26. The molecule has 0 atom stereocenters. The second-order valence-electron chi connectivity index (χ2n) is 7.86. The Morgan fingerprint density at radius 2 is 1.86 bits per heavy atom. The van der Waals surface area contributed by atoms with E-state index in [4.69, 9.17) is 10.8 Å². The maximum Gasteiger partial charge on any atom is 0.401 e. The lowest BCUT2D eigenvalue weighted by Gasteiger charge is -2.32. The van der Waals surface area contributed by atoms with Crippen molar-refractivity contribution >= 4 is 27.0 Å². The van der Waals surface area contributed by atoms with Crippen LogP contribution in [-0.2, 0) is 16.6 Å². The number of nitrogens with two attached hydrogens (primary N) is 1. The van der Waals surface area contributed by atoms with Crippen LogP contribution in [0.2, 0.25) is 0 Å². The molecule has 4 rings (SSSR count). The summed E-state index contributed by atoms with van der Waals surface area (Å²) in [6, 6.07) is 7.53. The van der Waals surface area contributed by atoms with Crippen molar-refractivity contribution in [1.29, 1.82) is 0 Å². The van der Waals surface area contributed by atoms with Crippen molar-refractivity contribution in [2.75, 3.05) is 19.6 Å². The Hall–Kier alpha value is -3.07. The van der Waals surface area contributed by atoms with E-state index in [1.807, 2.05) is 0 Å². The summed E-state index contributed by atoms with van der Waals surface area (Å²) in [5, 5.41) is 18.1. The molecule has 0 radical (unpaired) electrons. The standard InChI is InChI=1S/C14H20F3N3O2S.C7H5N3O2/c15-14(16,17)10-19-12-5-7-20(8-6-12)23(21,22)13-3-1-11(9-18)2-4-13;11-7(12)5-1-4-3-9-10-6(4)8-2-5/h1-4,12,19H,5-10,18H2;1-3H,(H,11,12)(H,8,9,10). The van der Waals surface area contributed by atoms with Crippen molar-refractivity contribution < 1.29 is 31.5 Å². The number of nitrogens with zero attached hydrogens (tertiary/aromatic N) is 3. The molecule has 0 amide bonds. The summed E-state index contributed by atoms with van der Waals surface area (Å²) >= 11 is 0. The lowest BCUT2D eigenvalue weighted by molar-refractivity contribution is -0.126. The van der Waals surface area contributed by atoms with Crippen LogP contribution in [0.5, 0.6) is 0 Å². The molecule has 14 heteroatoms. The second-order valence-corrected chi connectivity index (χ2v) is 9.80. The van der Waals surface area contributed by atoms with Crippen molar-refractivity contribution in [1.82, 2.24) is 24.8 Å². The molecule has 1 aliphatic heterocycles. The first-order valence-corrected chi connectivity index (χ1v) is 12.1. The Balaban J connectivity index is 0.000000237. The molecule has 2 aromatic heterocycles. The Morgan fingerprint density at radius 3 is 2.43 bits per heavy atom. The minimum Gasteiger partial charge on any atom is -0.478 e. The molecular weight excluding hydrogens is 489 g/mol. The van der Waals surface area contributed by atoms with E-state index in [1.165, 1.54) is 34.9 Å². The topological polar surface area (TPSA) is 154 Å². The number of aromatic amines is 1. The number of aromatic nitrogens is 3. The highest BCUT2D eigenvalue weighted by Gasteiger charge is 2.32. The SMILES string of the molecule is NCc1ccc(S(=O)(=O)N2CCC(NCC(F)(F)F)CC2)cc1.O=C(O)c1cnc2[nH]ncc2c1. The van der Waals surface area contributed by atoms with Gasteiger partial charge in [-0.15, -0.1) is 0 Å². The monoisotopic (exact) mass is 514 g/mol. The number of fused-ring (bicyclic) bond motifs is 1. The third kappa shape index (κ3) is 7.21. The van der Waals surface area contributed by atoms with Gasteiger partial charge in [-0.1, -0.05) is 12.1 Å². The van der Waals surface area contributed by atoms with Gasteiger partial charge in [0.25, 0.3) is 0 Å². The van der Waals surface area contributed by atoms with E-state index < -0.39 is 28.7 Å². The summed E-state index contributed by atoms with van der Waals surface area (Å²) in [6.07, 6.45) is -0.710. The van der Waals surface area contributed by atoms with Crippen LogP contribution in [0.25, 0.3) is 11.0 Å². The number of carboxylic acids is 1. The zero-order valence-corrected chi connectivity index (χ0v) is 19.3. The third-order valence-electron chi connectivity index (χ3n) is 5.38. The molecule has 1 fully saturated rings. The fraction of sp³-hybridized carbons (Fsp3) is 0.381. The third-order valence-corrected chi connectivity index (χ3v) is 7.29. The van der Waals surface area contributed by atoms with E-state index in [9.17, 15) is 26.4 Å². The van der Waals surface area contributed by atoms with E-state index in [-0.39, 0.29) is 29.6 Å². The zero-order valence-electron chi connectivity index (χ0n) is 18.5. The quantitative estimate of drug-likeness (QED) is 0.390. The molecular formula is C21H25F3N6O4S. The lowest BCUT2D eigenvalue weighted by Crippen LogP contribution is -2.46. The average molecular weight is 515 g/mol. The Bertz CT molecular complexity index is 1240. The summed E-state index contributed by atoms with van der Waals surface area (Å²) in [4.78, 5) is 14.5. The van der Waals surface area contributed by atoms with Crippen LogP contribution < -0.4 is 11.1 Å². The number of pyridine rings is 1. The fourth-order valence-corrected chi connectivity index (χ4v) is 4.93. The zero-order chi connectivity index (χ0) is 25.6. The molecule has 3 aromatic rings. The largest absolute Gasteiger partial charge is 0.478 e. The predicted molar refractivity (Wildman–Crippen MR) is 121 cm³/mol. The Kier molecular flexibility index (Phi) is 8.43. The maximum atomic E-state index is 12.5. The van der Waals surface area contributed by atoms with E-state index in [2.05, 4.69) is 20.5 Å². The number of benzene rings is 1. The van der Waals surface area contributed by atoms with Crippen molar-refractivity contribution in [3.05, 3.63) is 53.9 Å². The Morgan fingerprint density at radius 1 is 1.20 bits per heavy atom. The number of halogens is 3. The van der Waals surface area contributed by atoms with Crippen LogP contribution in [0.3, 0.4) is 0 Å². The van der Waals surface area contributed by atoms with E-state index >= 15 is 0 Å². The van der Waals surface area contributed by atoms with Gasteiger partial charge in [0, 0.05) is 37.3 Å². The van der Waals surface area contributed by atoms with Gasteiger partial charge in [0.1, 0.15) is 0 Å². The maximum absolute atomic E-state index is 12.5.